The second-order valence-corrected chi connectivity index (χ2v) is 6.75. The number of nitrogens with one attached hydrogen (secondary N) is 2. The fourth-order valence-electron chi connectivity index (χ4n) is 2.69. The van der Waals surface area contributed by atoms with Crippen molar-refractivity contribution in [2.24, 2.45) is 0 Å². The predicted octanol–water partition coefficient (Wildman–Crippen LogP) is 5.21. The number of carboxylic acid groups (broad SMARTS) is 1. The summed E-state index contributed by atoms with van der Waals surface area (Å²) in [7, 11) is 0. The van der Waals surface area contributed by atoms with Crippen molar-refractivity contribution in [3.63, 3.8) is 0 Å². The van der Waals surface area contributed by atoms with E-state index >= 15 is 0 Å². The monoisotopic (exact) mass is 430 g/mol. The molecule has 0 bridgehead atoms. The van der Waals surface area contributed by atoms with Crippen molar-refractivity contribution >= 4 is 46.0 Å². The second kappa shape index (κ2) is 7.37. The molecule has 0 aliphatic rings. The molecule has 3 aromatic rings. The number of halogens is 5. The molecule has 1 unspecified atom stereocenters. The van der Waals surface area contributed by atoms with E-state index in [-0.39, 0.29) is 26.9 Å². The van der Waals surface area contributed by atoms with Gasteiger partial charge in [-0.2, -0.15) is 13.2 Å². The Kier molecular flexibility index (Phi) is 5.27. The molecule has 0 fully saturated rings. The maximum atomic E-state index is 13.5. The standard InChI is InChI=1S/C18H11Cl2F3N2O3/c19-10-3-1-2-8(4-10)15(18(21,22)23)25-16(26)14-6-9-5-11(17(27)28)12(20)7-13(9)24-14/h1-7,15,24H,(H,25,26)(H,27,28). The largest absolute Gasteiger partial charge is 0.478 e. The van der Waals surface area contributed by atoms with E-state index < -0.39 is 24.1 Å². The summed E-state index contributed by atoms with van der Waals surface area (Å²) in [5.74, 6) is -2.29. The molecule has 1 atom stereocenters. The number of aromatic amines is 1. The lowest BCUT2D eigenvalue weighted by Crippen LogP contribution is -2.38. The van der Waals surface area contributed by atoms with Gasteiger partial charge in [0.05, 0.1) is 10.6 Å². The third-order valence-electron chi connectivity index (χ3n) is 3.97. The number of hydrogen-bond acceptors (Lipinski definition) is 2. The number of hydrogen-bond donors (Lipinski definition) is 3. The normalized spacial score (nSPS) is 12.8. The van der Waals surface area contributed by atoms with Gasteiger partial charge in [-0.15, -0.1) is 0 Å². The summed E-state index contributed by atoms with van der Waals surface area (Å²) in [4.78, 5) is 26.2. The van der Waals surface area contributed by atoms with Gasteiger partial charge >= 0.3 is 12.1 Å². The fraction of sp³-hybridized carbons (Fsp3) is 0.111. The first-order chi connectivity index (χ1) is 13.1. The summed E-state index contributed by atoms with van der Waals surface area (Å²) >= 11 is 11.6. The van der Waals surface area contributed by atoms with Crippen molar-refractivity contribution in [1.82, 2.24) is 10.3 Å². The van der Waals surface area contributed by atoms with Gasteiger partial charge in [-0.25, -0.2) is 4.79 Å². The van der Waals surface area contributed by atoms with Crippen LogP contribution in [-0.4, -0.2) is 28.1 Å². The van der Waals surface area contributed by atoms with Crippen LogP contribution in [0, 0.1) is 0 Å². The molecule has 5 nitrogen and oxygen atoms in total. The highest BCUT2D eigenvalue weighted by atomic mass is 35.5. The van der Waals surface area contributed by atoms with E-state index in [2.05, 4.69) is 4.98 Å². The van der Waals surface area contributed by atoms with Crippen LogP contribution in [0.2, 0.25) is 10.0 Å². The number of carbonyl (C=O) groups excluding carboxylic acids is 1. The van der Waals surface area contributed by atoms with Crippen molar-refractivity contribution in [2.45, 2.75) is 12.2 Å². The Labute approximate surface area is 166 Å². The van der Waals surface area contributed by atoms with Crippen LogP contribution in [0.3, 0.4) is 0 Å². The van der Waals surface area contributed by atoms with Gasteiger partial charge in [0.2, 0.25) is 0 Å². The maximum absolute atomic E-state index is 13.5. The number of rotatable bonds is 4. The first-order valence-corrected chi connectivity index (χ1v) is 8.50. The SMILES string of the molecule is O=C(NC(c1cccc(Cl)c1)C(F)(F)F)c1cc2cc(C(=O)O)c(Cl)cc2[nH]1. The average molecular weight is 431 g/mol. The Hall–Kier alpha value is -2.71. The van der Waals surface area contributed by atoms with Gasteiger partial charge in [0.1, 0.15) is 5.69 Å². The highest BCUT2D eigenvalue weighted by Crippen LogP contribution is 2.34. The van der Waals surface area contributed by atoms with Gasteiger partial charge in [0.15, 0.2) is 6.04 Å². The number of aromatic nitrogens is 1. The Balaban J connectivity index is 1.95. The number of benzene rings is 2. The summed E-state index contributed by atoms with van der Waals surface area (Å²) in [6, 6.07) is 6.57. The van der Waals surface area contributed by atoms with E-state index in [1.54, 1.807) is 0 Å². The Morgan fingerprint density at radius 1 is 1.11 bits per heavy atom. The van der Waals surface area contributed by atoms with Gasteiger partial charge in [0.25, 0.3) is 5.91 Å². The molecule has 2 aromatic carbocycles. The van der Waals surface area contributed by atoms with Crippen molar-refractivity contribution in [1.29, 1.82) is 0 Å². The van der Waals surface area contributed by atoms with E-state index in [9.17, 15) is 22.8 Å². The molecule has 146 valence electrons. The van der Waals surface area contributed by atoms with Crippen molar-refractivity contribution in [2.75, 3.05) is 0 Å². The molecular formula is C18H11Cl2F3N2O3. The zero-order valence-electron chi connectivity index (χ0n) is 13.8. The number of alkyl halides is 3. The smallest absolute Gasteiger partial charge is 0.412 e. The molecule has 10 heteroatoms. The Morgan fingerprint density at radius 2 is 1.82 bits per heavy atom. The predicted molar refractivity (Wildman–Crippen MR) is 98.0 cm³/mol. The van der Waals surface area contributed by atoms with E-state index in [4.69, 9.17) is 28.3 Å². The lowest BCUT2D eigenvalue weighted by molar-refractivity contribution is -0.155. The van der Waals surface area contributed by atoms with Gasteiger partial charge in [-0.05, 0) is 35.9 Å². The number of amides is 1. The Morgan fingerprint density at radius 3 is 2.43 bits per heavy atom. The van der Waals surface area contributed by atoms with E-state index in [1.807, 2.05) is 5.32 Å². The van der Waals surface area contributed by atoms with Crippen LogP contribution in [0.5, 0.6) is 0 Å². The molecule has 1 heterocycles. The summed E-state index contributed by atoms with van der Waals surface area (Å²) < 4.78 is 40.4. The molecule has 1 amide bonds. The summed E-state index contributed by atoms with van der Waals surface area (Å²) in [5, 5.41) is 11.4. The Bertz CT molecular complexity index is 1080. The van der Waals surface area contributed by atoms with Gasteiger partial charge in [0, 0.05) is 15.9 Å². The highest BCUT2D eigenvalue weighted by molar-refractivity contribution is 6.34. The number of carboxylic acids is 1. The number of fused-ring (bicyclic) bond motifs is 1. The molecular weight excluding hydrogens is 420 g/mol. The van der Waals surface area contributed by atoms with Crippen molar-refractivity contribution < 1.29 is 27.9 Å². The molecule has 0 aliphatic carbocycles. The molecule has 0 saturated carbocycles. The molecule has 3 rings (SSSR count). The zero-order valence-corrected chi connectivity index (χ0v) is 15.3. The summed E-state index contributed by atoms with van der Waals surface area (Å²) in [6.07, 6.45) is -4.76. The zero-order chi connectivity index (χ0) is 20.6. The van der Waals surface area contributed by atoms with Crippen molar-refractivity contribution in [3.05, 3.63) is 69.3 Å². The topological polar surface area (TPSA) is 82.2 Å². The van der Waals surface area contributed by atoms with Crippen LogP contribution in [0.4, 0.5) is 13.2 Å². The number of carbonyl (C=O) groups is 2. The molecule has 0 aliphatic heterocycles. The molecule has 1 aromatic heterocycles. The maximum Gasteiger partial charge on any atom is 0.412 e. The highest BCUT2D eigenvalue weighted by Gasteiger charge is 2.42. The molecule has 3 N–H and O–H groups in total. The lowest BCUT2D eigenvalue weighted by atomic mass is 10.1. The molecule has 28 heavy (non-hydrogen) atoms. The molecule has 0 spiro atoms. The first kappa shape index (κ1) is 20.0. The number of H-pyrrole nitrogens is 1. The van der Waals surface area contributed by atoms with Crippen LogP contribution in [0.15, 0.2) is 42.5 Å². The quantitative estimate of drug-likeness (QED) is 0.531. The lowest BCUT2D eigenvalue weighted by Gasteiger charge is -2.22. The number of aromatic carboxylic acids is 1. The molecule has 0 saturated heterocycles. The second-order valence-electron chi connectivity index (χ2n) is 5.91. The van der Waals surface area contributed by atoms with E-state index in [0.29, 0.717) is 10.9 Å². The van der Waals surface area contributed by atoms with Crippen LogP contribution in [0.25, 0.3) is 10.9 Å². The average Bonchev–Trinajstić information content (AvgIpc) is 3.00. The van der Waals surface area contributed by atoms with Crippen LogP contribution in [-0.2, 0) is 0 Å². The van der Waals surface area contributed by atoms with E-state index in [0.717, 1.165) is 6.07 Å². The third kappa shape index (κ3) is 4.07. The molecule has 0 radical (unpaired) electrons. The summed E-state index contributed by atoms with van der Waals surface area (Å²) in [6.45, 7) is 0. The van der Waals surface area contributed by atoms with Gasteiger partial charge in [-0.3, -0.25) is 4.79 Å². The van der Waals surface area contributed by atoms with Crippen LogP contribution < -0.4 is 5.32 Å². The fourth-order valence-corrected chi connectivity index (χ4v) is 3.13. The minimum atomic E-state index is -4.76. The van der Waals surface area contributed by atoms with Crippen molar-refractivity contribution in [3.8, 4) is 0 Å². The first-order valence-electron chi connectivity index (χ1n) is 7.75. The summed E-state index contributed by atoms with van der Waals surface area (Å²) in [5.41, 5.74) is -0.274. The van der Waals surface area contributed by atoms with Gasteiger partial charge in [-0.1, -0.05) is 35.3 Å². The van der Waals surface area contributed by atoms with E-state index in [1.165, 1.54) is 36.4 Å². The third-order valence-corrected chi connectivity index (χ3v) is 4.52. The minimum absolute atomic E-state index is 0.0686. The minimum Gasteiger partial charge on any atom is -0.478 e. The van der Waals surface area contributed by atoms with Gasteiger partial charge < -0.3 is 15.4 Å². The van der Waals surface area contributed by atoms with Crippen LogP contribution in [0.1, 0.15) is 32.5 Å². The van der Waals surface area contributed by atoms with Crippen LogP contribution >= 0.6 is 23.2 Å².